The van der Waals surface area contributed by atoms with E-state index in [1.54, 1.807) is 0 Å². The van der Waals surface area contributed by atoms with Gasteiger partial charge in [-0.1, -0.05) is 38.0 Å². The maximum Gasteiger partial charge on any atom is 0.0609 e. The lowest BCUT2D eigenvalue weighted by atomic mass is 9.77. The molecule has 0 heterocycles. The third-order valence-electron chi connectivity index (χ3n) is 4.58. The van der Waals surface area contributed by atoms with Crippen molar-refractivity contribution in [1.29, 1.82) is 0 Å². The molecule has 1 fully saturated rings. The molecule has 0 spiro atoms. The Hall–Kier alpha value is -0.820. The smallest absolute Gasteiger partial charge is 0.0609 e. The SMILES string of the molecule is Cc1cccc(C)c1CC(O)C1CCCC(C)C1. The minimum atomic E-state index is -0.160. The molecule has 0 radical (unpaired) electrons. The molecule has 1 aliphatic rings. The molecule has 3 unspecified atom stereocenters. The first-order chi connectivity index (χ1) is 8.58. The number of aryl methyl sites for hydroxylation is 2. The van der Waals surface area contributed by atoms with Gasteiger partial charge in [-0.15, -0.1) is 0 Å². The quantitative estimate of drug-likeness (QED) is 0.853. The van der Waals surface area contributed by atoms with E-state index in [-0.39, 0.29) is 6.10 Å². The van der Waals surface area contributed by atoms with Crippen molar-refractivity contribution in [2.75, 3.05) is 0 Å². The van der Waals surface area contributed by atoms with E-state index in [0.29, 0.717) is 5.92 Å². The van der Waals surface area contributed by atoms with E-state index in [1.807, 2.05) is 0 Å². The van der Waals surface area contributed by atoms with Crippen LogP contribution in [0.4, 0.5) is 0 Å². The standard InChI is InChI=1S/C17H26O/c1-12-6-4-9-15(10-12)17(18)11-16-13(2)7-5-8-14(16)3/h5,7-8,12,15,17-18H,4,6,9-11H2,1-3H3. The van der Waals surface area contributed by atoms with E-state index in [9.17, 15) is 5.11 Å². The first kappa shape index (κ1) is 13.6. The van der Waals surface area contributed by atoms with Crippen molar-refractivity contribution in [3.8, 4) is 0 Å². The van der Waals surface area contributed by atoms with Gasteiger partial charge in [-0.3, -0.25) is 0 Å². The molecule has 1 aromatic rings. The predicted molar refractivity (Wildman–Crippen MR) is 76.7 cm³/mol. The Balaban J connectivity index is 2.04. The average molecular weight is 246 g/mol. The van der Waals surface area contributed by atoms with Crippen LogP contribution in [-0.4, -0.2) is 11.2 Å². The maximum absolute atomic E-state index is 10.5. The third kappa shape index (κ3) is 3.14. The molecule has 1 nitrogen and oxygen atoms in total. The summed E-state index contributed by atoms with van der Waals surface area (Å²) >= 11 is 0. The van der Waals surface area contributed by atoms with Gasteiger partial charge < -0.3 is 5.11 Å². The van der Waals surface area contributed by atoms with Gasteiger partial charge >= 0.3 is 0 Å². The van der Waals surface area contributed by atoms with Gasteiger partial charge in [0.05, 0.1) is 6.10 Å². The number of aliphatic hydroxyl groups is 1. The lowest BCUT2D eigenvalue weighted by molar-refractivity contribution is 0.0718. The summed E-state index contributed by atoms with van der Waals surface area (Å²) in [6.45, 7) is 6.62. The lowest BCUT2D eigenvalue weighted by Crippen LogP contribution is -2.28. The summed E-state index contributed by atoms with van der Waals surface area (Å²) in [6, 6.07) is 6.40. The fraction of sp³-hybridized carbons (Fsp3) is 0.647. The Bertz CT molecular complexity index is 376. The topological polar surface area (TPSA) is 20.2 Å². The molecule has 0 saturated heterocycles. The van der Waals surface area contributed by atoms with Crippen molar-refractivity contribution in [3.63, 3.8) is 0 Å². The van der Waals surface area contributed by atoms with Crippen LogP contribution >= 0.6 is 0 Å². The summed E-state index contributed by atoms with van der Waals surface area (Å²) in [5.41, 5.74) is 3.99. The lowest BCUT2D eigenvalue weighted by Gasteiger charge is -2.31. The molecule has 100 valence electrons. The fourth-order valence-electron chi connectivity index (χ4n) is 3.38. The molecule has 3 atom stereocenters. The van der Waals surface area contributed by atoms with Crippen molar-refractivity contribution in [3.05, 3.63) is 34.9 Å². The predicted octanol–water partition coefficient (Wildman–Crippen LogP) is 4.03. The van der Waals surface area contributed by atoms with Crippen LogP contribution < -0.4 is 0 Å². The molecular formula is C17H26O. The molecule has 1 aliphatic carbocycles. The van der Waals surface area contributed by atoms with E-state index >= 15 is 0 Å². The molecule has 2 rings (SSSR count). The Kier molecular flexibility index (Phi) is 4.45. The average Bonchev–Trinajstić information content (AvgIpc) is 2.34. The van der Waals surface area contributed by atoms with E-state index < -0.39 is 0 Å². The fourth-order valence-corrected chi connectivity index (χ4v) is 3.38. The monoisotopic (exact) mass is 246 g/mol. The first-order valence-electron chi connectivity index (χ1n) is 7.31. The zero-order valence-electron chi connectivity index (χ0n) is 11.9. The van der Waals surface area contributed by atoms with Crippen LogP contribution in [0.5, 0.6) is 0 Å². The molecule has 0 aliphatic heterocycles. The van der Waals surface area contributed by atoms with Crippen molar-refractivity contribution >= 4 is 0 Å². The second-order valence-corrected chi connectivity index (χ2v) is 6.17. The molecule has 1 heteroatoms. The Morgan fingerprint density at radius 1 is 1.22 bits per heavy atom. The molecule has 18 heavy (non-hydrogen) atoms. The van der Waals surface area contributed by atoms with Gasteiger partial charge in [-0.25, -0.2) is 0 Å². The molecule has 1 aromatic carbocycles. The molecule has 1 saturated carbocycles. The van der Waals surface area contributed by atoms with Gasteiger partial charge in [0.25, 0.3) is 0 Å². The van der Waals surface area contributed by atoms with E-state index in [0.717, 1.165) is 12.3 Å². The zero-order chi connectivity index (χ0) is 13.1. The normalized spacial score (nSPS) is 26.0. The van der Waals surface area contributed by atoms with Crippen LogP contribution in [0.1, 0.15) is 49.3 Å². The molecule has 0 bridgehead atoms. The van der Waals surface area contributed by atoms with E-state index in [4.69, 9.17) is 0 Å². The van der Waals surface area contributed by atoms with E-state index in [1.165, 1.54) is 42.4 Å². The van der Waals surface area contributed by atoms with Gasteiger partial charge in [-0.2, -0.15) is 0 Å². The molecule has 0 aromatic heterocycles. The Labute approximate surface area is 111 Å². The van der Waals surface area contributed by atoms with Crippen molar-refractivity contribution in [2.45, 2.75) is 59.0 Å². The Morgan fingerprint density at radius 3 is 2.50 bits per heavy atom. The van der Waals surface area contributed by atoms with Gasteiger partial charge in [0.1, 0.15) is 0 Å². The highest BCUT2D eigenvalue weighted by Gasteiger charge is 2.25. The summed E-state index contributed by atoms with van der Waals surface area (Å²) in [7, 11) is 0. The second kappa shape index (κ2) is 5.88. The Morgan fingerprint density at radius 2 is 1.89 bits per heavy atom. The highest BCUT2D eigenvalue weighted by Crippen LogP contribution is 2.32. The number of aliphatic hydroxyl groups excluding tert-OH is 1. The zero-order valence-corrected chi connectivity index (χ0v) is 11.9. The summed E-state index contributed by atoms with van der Waals surface area (Å²) in [4.78, 5) is 0. The van der Waals surface area contributed by atoms with Crippen LogP contribution in [0.3, 0.4) is 0 Å². The van der Waals surface area contributed by atoms with Crippen molar-refractivity contribution in [1.82, 2.24) is 0 Å². The summed E-state index contributed by atoms with van der Waals surface area (Å²) in [5.74, 6) is 1.30. The molecular weight excluding hydrogens is 220 g/mol. The first-order valence-corrected chi connectivity index (χ1v) is 7.31. The van der Waals surface area contributed by atoms with Crippen molar-refractivity contribution in [2.24, 2.45) is 11.8 Å². The third-order valence-corrected chi connectivity index (χ3v) is 4.58. The van der Waals surface area contributed by atoms with Crippen LogP contribution in [0.25, 0.3) is 0 Å². The van der Waals surface area contributed by atoms with Gasteiger partial charge in [0.2, 0.25) is 0 Å². The largest absolute Gasteiger partial charge is 0.392 e. The minimum Gasteiger partial charge on any atom is -0.392 e. The molecule has 0 amide bonds. The summed E-state index contributed by atoms with van der Waals surface area (Å²) in [5, 5.41) is 10.5. The van der Waals surface area contributed by atoms with Crippen LogP contribution in [0.2, 0.25) is 0 Å². The van der Waals surface area contributed by atoms with Crippen LogP contribution in [-0.2, 0) is 6.42 Å². The second-order valence-electron chi connectivity index (χ2n) is 6.17. The minimum absolute atomic E-state index is 0.160. The summed E-state index contributed by atoms with van der Waals surface area (Å²) in [6.07, 6.45) is 5.70. The van der Waals surface area contributed by atoms with Crippen molar-refractivity contribution < 1.29 is 5.11 Å². The highest BCUT2D eigenvalue weighted by atomic mass is 16.3. The van der Waals surface area contributed by atoms with E-state index in [2.05, 4.69) is 39.0 Å². The summed E-state index contributed by atoms with van der Waals surface area (Å²) < 4.78 is 0. The number of hydrogen-bond donors (Lipinski definition) is 1. The van der Waals surface area contributed by atoms with Gasteiger partial charge in [0.15, 0.2) is 0 Å². The van der Waals surface area contributed by atoms with Gasteiger partial charge in [-0.05, 0) is 61.6 Å². The van der Waals surface area contributed by atoms with Crippen LogP contribution in [0.15, 0.2) is 18.2 Å². The van der Waals surface area contributed by atoms with Crippen LogP contribution in [0, 0.1) is 25.7 Å². The van der Waals surface area contributed by atoms with Gasteiger partial charge in [0, 0.05) is 0 Å². The number of rotatable bonds is 3. The highest BCUT2D eigenvalue weighted by molar-refractivity contribution is 5.34. The molecule has 1 N–H and O–H groups in total. The number of hydrogen-bond acceptors (Lipinski definition) is 1. The number of benzene rings is 1. The maximum atomic E-state index is 10.5.